The Balaban J connectivity index is 1.38. The van der Waals surface area contributed by atoms with Gasteiger partial charge in [-0.25, -0.2) is 9.97 Å². The van der Waals surface area contributed by atoms with E-state index in [2.05, 4.69) is 14.9 Å². The number of nitrogens with zero attached hydrogens (tertiary/aromatic N) is 4. The summed E-state index contributed by atoms with van der Waals surface area (Å²) in [6.07, 6.45) is 4.97. The van der Waals surface area contributed by atoms with E-state index in [9.17, 15) is 4.79 Å². The van der Waals surface area contributed by atoms with Crippen molar-refractivity contribution >= 4 is 39.6 Å². The minimum Gasteiger partial charge on any atom is -0.437 e. The first-order chi connectivity index (χ1) is 11.8. The molecule has 122 valence electrons. The summed E-state index contributed by atoms with van der Waals surface area (Å²) in [5.41, 5.74) is 1.52. The third-order valence-electron chi connectivity index (χ3n) is 3.96. The molecule has 24 heavy (non-hydrogen) atoms. The lowest BCUT2D eigenvalue weighted by Crippen LogP contribution is -2.48. The predicted molar refractivity (Wildman–Crippen MR) is 94.0 cm³/mol. The summed E-state index contributed by atoms with van der Waals surface area (Å²) in [7, 11) is 0. The third-order valence-corrected chi connectivity index (χ3v) is 4.79. The Hall–Kier alpha value is -2.67. The summed E-state index contributed by atoms with van der Waals surface area (Å²) >= 11 is 1.63. The van der Waals surface area contributed by atoms with Gasteiger partial charge in [0, 0.05) is 49.9 Å². The van der Waals surface area contributed by atoms with Gasteiger partial charge in [-0.1, -0.05) is 12.1 Å². The quantitative estimate of drug-likeness (QED) is 0.686. The largest absolute Gasteiger partial charge is 0.437 e. The second-order valence-corrected chi connectivity index (χ2v) is 6.35. The molecule has 0 aliphatic carbocycles. The van der Waals surface area contributed by atoms with Crippen LogP contribution in [0, 0.1) is 0 Å². The molecular weight excluding hydrogens is 324 g/mol. The van der Waals surface area contributed by atoms with Crippen LogP contribution in [0.4, 0.5) is 5.13 Å². The number of para-hydroxylation sites is 2. The van der Waals surface area contributed by atoms with Crippen LogP contribution in [0.3, 0.4) is 0 Å². The molecule has 2 aromatic heterocycles. The molecule has 7 heteroatoms. The van der Waals surface area contributed by atoms with Crippen molar-refractivity contribution in [2.45, 2.75) is 0 Å². The highest BCUT2D eigenvalue weighted by atomic mass is 32.1. The molecule has 6 nitrogen and oxygen atoms in total. The van der Waals surface area contributed by atoms with Crippen LogP contribution in [0.2, 0.25) is 0 Å². The van der Waals surface area contributed by atoms with Gasteiger partial charge in [-0.3, -0.25) is 4.79 Å². The van der Waals surface area contributed by atoms with Gasteiger partial charge in [-0.2, -0.15) is 0 Å². The van der Waals surface area contributed by atoms with Gasteiger partial charge < -0.3 is 14.2 Å². The van der Waals surface area contributed by atoms with Gasteiger partial charge in [0.2, 0.25) is 11.8 Å². The maximum atomic E-state index is 12.3. The van der Waals surface area contributed by atoms with E-state index in [0.717, 1.165) is 29.3 Å². The Bertz CT molecular complexity index is 831. The Labute approximate surface area is 143 Å². The van der Waals surface area contributed by atoms with E-state index in [4.69, 9.17) is 4.42 Å². The Morgan fingerprint density at radius 1 is 1.21 bits per heavy atom. The Morgan fingerprint density at radius 2 is 2.04 bits per heavy atom. The number of piperazine rings is 1. The van der Waals surface area contributed by atoms with Crippen molar-refractivity contribution in [3.63, 3.8) is 0 Å². The first-order valence-corrected chi connectivity index (χ1v) is 8.64. The average Bonchev–Trinajstić information content (AvgIpc) is 3.29. The lowest BCUT2D eigenvalue weighted by atomic mass is 10.3. The number of carbonyl (C=O) groups is 1. The maximum absolute atomic E-state index is 12.3. The van der Waals surface area contributed by atoms with Crippen LogP contribution < -0.4 is 4.90 Å². The highest BCUT2D eigenvalue weighted by molar-refractivity contribution is 7.13. The number of fused-ring (bicyclic) bond motifs is 1. The molecular formula is C17H16N4O2S. The van der Waals surface area contributed by atoms with Crippen molar-refractivity contribution in [2.24, 2.45) is 0 Å². The first-order valence-electron chi connectivity index (χ1n) is 7.76. The number of hydrogen-bond donors (Lipinski definition) is 0. The molecule has 0 unspecified atom stereocenters. The molecule has 4 rings (SSSR count). The lowest BCUT2D eigenvalue weighted by molar-refractivity contribution is -0.126. The molecule has 0 spiro atoms. The number of aromatic nitrogens is 2. The zero-order valence-corrected chi connectivity index (χ0v) is 13.8. The van der Waals surface area contributed by atoms with Crippen molar-refractivity contribution in [2.75, 3.05) is 31.1 Å². The third kappa shape index (κ3) is 3.03. The summed E-state index contributed by atoms with van der Waals surface area (Å²) in [5, 5.41) is 2.99. The molecule has 1 aliphatic heterocycles. The van der Waals surface area contributed by atoms with E-state index in [1.807, 2.05) is 34.5 Å². The van der Waals surface area contributed by atoms with Gasteiger partial charge >= 0.3 is 0 Å². The normalized spacial score (nSPS) is 15.5. The van der Waals surface area contributed by atoms with Crippen LogP contribution in [0.15, 0.2) is 46.3 Å². The highest BCUT2D eigenvalue weighted by Gasteiger charge is 2.21. The van der Waals surface area contributed by atoms with Crippen molar-refractivity contribution in [3.8, 4) is 0 Å². The summed E-state index contributed by atoms with van der Waals surface area (Å²) in [6, 6.07) is 7.55. The summed E-state index contributed by atoms with van der Waals surface area (Å²) in [5.74, 6) is 0.432. The number of rotatable bonds is 3. The van der Waals surface area contributed by atoms with Crippen LogP contribution in [0.25, 0.3) is 17.2 Å². The molecule has 1 saturated heterocycles. The fourth-order valence-electron chi connectivity index (χ4n) is 2.70. The summed E-state index contributed by atoms with van der Waals surface area (Å²) in [6.45, 7) is 2.98. The number of thiazole rings is 1. The van der Waals surface area contributed by atoms with E-state index < -0.39 is 0 Å². The summed E-state index contributed by atoms with van der Waals surface area (Å²) in [4.78, 5) is 25.0. The Kier molecular flexibility index (Phi) is 4.00. The SMILES string of the molecule is O=C(/C=C/c1nc2ccccc2o1)N1CCN(c2nccs2)CC1. The molecule has 1 amide bonds. The van der Waals surface area contributed by atoms with Crippen molar-refractivity contribution < 1.29 is 9.21 Å². The Morgan fingerprint density at radius 3 is 2.79 bits per heavy atom. The highest BCUT2D eigenvalue weighted by Crippen LogP contribution is 2.19. The molecule has 1 aliphatic rings. The topological polar surface area (TPSA) is 62.5 Å². The van der Waals surface area contributed by atoms with Gasteiger partial charge in [0.05, 0.1) is 0 Å². The van der Waals surface area contributed by atoms with E-state index >= 15 is 0 Å². The molecule has 3 aromatic rings. The van der Waals surface area contributed by atoms with Gasteiger partial charge in [-0.15, -0.1) is 11.3 Å². The van der Waals surface area contributed by atoms with E-state index in [-0.39, 0.29) is 5.91 Å². The molecule has 3 heterocycles. The summed E-state index contributed by atoms with van der Waals surface area (Å²) < 4.78 is 5.59. The van der Waals surface area contributed by atoms with E-state index in [0.29, 0.717) is 19.0 Å². The molecule has 0 N–H and O–H groups in total. The minimum absolute atomic E-state index is 0.0176. The van der Waals surface area contributed by atoms with Gasteiger partial charge in [-0.05, 0) is 12.1 Å². The van der Waals surface area contributed by atoms with Crippen molar-refractivity contribution in [1.82, 2.24) is 14.9 Å². The number of hydrogen-bond acceptors (Lipinski definition) is 6. The maximum Gasteiger partial charge on any atom is 0.246 e. The average molecular weight is 340 g/mol. The second kappa shape index (κ2) is 6.45. The molecule has 1 aromatic carbocycles. The molecule has 1 fully saturated rings. The predicted octanol–water partition coefficient (Wildman–Crippen LogP) is 2.65. The van der Waals surface area contributed by atoms with Crippen LogP contribution in [0.1, 0.15) is 5.89 Å². The number of anilines is 1. The van der Waals surface area contributed by atoms with Gasteiger partial charge in [0.25, 0.3) is 0 Å². The van der Waals surface area contributed by atoms with Gasteiger partial charge in [0.1, 0.15) is 5.52 Å². The molecule has 0 bridgehead atoms. The fourth-order valence-corrected chi connectivity index (χ4v) is 3.40. The molecule has 0 saturated carbocycles. The van der Waals surface area contributed by atoms with Crippen molar-refractivity contribution in [3.05, 3.63) is 47.8 Å². The van der Waals surface area contributed by atoms with Crippen LogP contribution >= 0.6 is 11.3 Å². The zero-order valence-electron chi connectivity index (χ0n) is 13.0. The monoisotopic (exact) mass is 340 g/mol. The fraction of sp³-hybridized carbons (Fsp3) is 0.235. The molecule has 0 radical (unpaired) electrons. The first kappa shape index (κ1) is 14.9. The van der Waals surface area contributed by atoms with Crippen molar-refractivity contribution in [1.29, 1.82) is 0 Å². The zero-order chi connectivity index (χ0) is 16.4. The van der Waals surface area contributed by atoms with Gasteiger partial charge in [0.15, 0.2) is 10.7 Å². The number of amides is 1. The number of carbonyl (C=O) groups excluding carboxylic acids is 1. The van der Waals surface area contributed by atoms with Crippen LogP contribution in [-0.4, -0.2) is 47.0 Å². The smallest absolute Gasteiger partial charge is 0.246 e. The molecule has 0 atom stereocenters. The second-order valence-electron chi connectivity index (χ2n) is 5.48. The van der Waals surface area contributed by atoms with E-state index in [1.54, 1.807) is 23.6 Å². The minimum atomic E-state index is -0.0176. The standard InChI is InChI=1S/C17H16N4O2S/c22-16(6-5-15-19-13-3-1-2-4-14(13)23-15)20-8-10-21(11-9-20)17-18-7-12-24-17/h1-7,12H,8-11H2/b6-5+. The van der Waals surface area contributed by atoms with E-state index in [1.165, 1.54) is 6.08 Å². The van der Waals surface area contributed by atoms with Crippen LogP contribution in [0.5, 0.6) is 0 Å². The number of benzene rings is 1. The van der Waals surface area contributed by atoms with Crippen LogP contribution in [-0.2, 0) is 4.79 Å². The number of oxazole rings is 1. The lowest BCUT2D eigenvalue weighted by Gasteiger charge is -2.34.